The van der Waals surface area contributed by atoms with E-state index in [0.29, 0.717) is 30.8 Å². The molecular formula is C27H34N4O4S. The number of rotatable bonds is 11. The maximum Gasteiger partial charge on any atom is 0.260 e. The van der Waals surface area contributed by atoms with E-state index < -0.39 is 6.10 Å². The molecule has 1 aliphatic heterocycles. The fourth-order valence-corrected chi connectivity index (χ4v) is 5.50. The average molecular weight is 511 g/mol. The third kappa shape index (κ3) is 6.79. The van der Waals surface area contributed by atoms with Gasteiger partial charge >= 0.3 is 0 Å². The van der Waals surface area contributed by atoms with Gasteiger partial charge in [0, 0.05) is 43.7 Å². The maximum atomic E-state index is 13.2. The van der Waals surface area contributed by atoms with E-state index in [1.54, 1.807) is 0 Å². The number of ether oxygens (including phenoxy) is 2. The summed E-state index contributed by atoms with van der Waals surface area (Å²) in [4.78, 5) is 26.1. The molecule has 2 N–H and O–H groups in total. The molecule has 0 amide bonds. The van der Waals surface area contributed by atoms with Crippen LogP contribution in [-0.2, 0) is 16.0 Å². The molecular weight excluding hydrogens is 476 g/mol. The van der Waals surface area contributed by atoms with Gasteiger partial charge in [0.25, 0.3) is 5.56 Å². The van der Waals surface area contributed by atoms with Crippen LogP contribution in [0.15, 0.2) is 28.4 Å². The van der Waals surface area contributed by atoms with E-state index in [1.165, 1.54) is 16.9 Å². The number of aliphatic hydroxyl groups is 1. The lowest BCUT2D eigenvalue weighted by atomic mass is 9.99. The molecule has 1 aliphatic rings. The van der Waals surface area contributed by atoms with E-state index in [4.69, 9.17) is 20.9 Å². The molecule has 3 aromatic rings. The number of aliphatic hydroxyl groups excluding tert-OH is 1. The fourth-order valence-electron chi connectivity index (χ4n) is 4.54. The number of morpholine rings is 1. The monoisotopic (exact) mass is 510 g/mol. The molecule has 3 heterocycles. The van der Waals surface area contributed by atoms with Crippen molar-refractivity contribution >= 4 is 21.6 Å². The average Bonchev–Trinajstić information content (AvgIpc) is 3.27. The number of terminal acetylenes is 1. The largest absolute Gasteiger partial charge is 0.389 e. The van der Waals surface area contributed by atoms with Crippen molar-refractivity contribution in [3.63, 3.8) is 0 Å². The van der Waals surface area contributed by atoms with Crippen molar-refractivity contribution in [2.24, 2.45) is 0 Å². The highest BCUT2D eigenvalue weighted by Gasteiger charge is 2.19. The van der Waals surface area contributed by atoms with Gasteiger partial charge in [-0.3, -0.25) is 14.6 Å². The summed E-state index contributed by atoms with van der Waals surface area (Å²) in [5, 5.41) is 13.1. The lowest BCUT2D eigenvalue weighted by molar-refractivity contribution is 0.0132. The second kappa shape index (κ2) is 12.6. The molecule has 1 atom stereocenters. The second-order valence-electron chi connectivity index (χ2n) is 9.22. The summed E-state index contributed by atoms with van der Waals surface area (Å²) < 4.78 is 10.8. The number of benzene rings is 1. The van der Waals surface area contributed by atoms with Gasteiger partial charge in [-0.15, -0.1) is 17.8 Å². The highest BCUT2D eigenvalue weighted by molar-refractivity contribution is 7.17. The zero-order chi connectivity index (χ0) is 25.5. The van der Waals surface area contributed by atoms with Gasteiger partial charge in [-0.05, 0) is 25.0 Å². The Balaban J connectivity index is 1.53. The Labute approximate surface area is 215 Å². The number of nitrogens with one attached hydrogen (secondary N) is 1. The third-order valence-corrected chi connectivity index (χ3v) is 7.21. The summed E-state index contributed by atoms with van der Waals surface area (Å²) in [6.45, 7) is 10.0. The number of nitrogens with zero attached hydrogens (tertiary/aromatic N) is 3. The Morgan fingerprint density at radius 3 is 2.89 bits per heavy atom. The number of aromatic nitrogens is 2. The van der Waals surface area contributed by atoms with Crippen LogP contribution < -0.4 is 5.56 Å². The van der Waals surface area contributed by atoms with Gasteiger partial charge < -0.3 is 19.6 Å². The van der Waals surface area contributed by atoms with Gasteiger partial charge in [0.2, 0.25) is 0 Å². The van der Waals surface area contributed by atoms with E-state index >= 15 is 0 Å². The van der Waals surface area contributed by atoms with Gasteiger partial charge in [0.05, 0.1) is 37.9 Å². The Kier molecular flexibility index (Phi) is 9.26. The van der Waals surface area contributed by atoms with Crippen LogP contribution in [-0.4, -0.2) is 90.1 Å². The first kappa shape index (κ1) is 26.5. The van der Waals surface area contributed by atoms with Gasteiger partial charge in [-0.25, -0.2) is 4.98 Å². The van der Waals surface area contributed by atoms with Crippen LogP contribution in [0.3, 0.4) is 0 Å². The number of fused-ring (bicyclic) bond motifs is 1. The number of hydrogen-bond acceptors (Lipinski definition) is 8. The molecule has 9 heteroatoms. The molecule has 2 aromatic heterocycles. The molecule has 0 unspecified atom stereocenters. The number of aromatic amines is 1. The molecule has 1 saturated heterocycles. The van der Waals surface area contributed by atoms with Crippen molar-refractivity contribution < 1.29 is 14.6 Å². The van der Waals surface area contributed by atoms with Crippen molar-refractivity contribution in [2.45, 2.75) is 26.5 Å². The smallest absolute Gasteiger partial charge is 0.260 e. The molecule has 4 rings (SSSR count). The van der Waals surface area contributed by atoms with Crippen LogP contribution in [0.25, 0.3) is 21.3 Å². The normalized spacial score (nSPS) is 15.4. The van der Waals surface area contributed by atoms with Crippen molar-refractivity contribution in [3.05, 3.63) is 50.9 Å². The molecule has 0 radical (unpaired) electrons. The van der Waals surface area contributed by atoms with Crippen molar-refractivity contribution in [1.82, 2.24) is 19.8 Å². The predicted octanol–water partition coefficient (Wildman–Crippen LogP) is 2.41. The van der Waals surface area contributed by atoms with Gasteiger partial charge in [-0.2, -0.15) is 0 Å². The van der Waals surface area contributed by atoms with Crippen molar-refractivity contribution in [1.29, 1.82) is 0 Å². The van der Waals surface area contributed by atoms with E-state index in [9.17, 15) is 9.90 Å². The van der Waals surface area contributed by atoms with Crippen LogP contribution in [0.4, 0.5) is 0 Å². The molecule has 0 saturated carbocycles. The molecule has 8 nitrogen and oxygen atoms in total. The van der Waals surface area contributed by atoms with E-state index in [1.807, 2.05) is 5.38 Å². The highest BCUT2D eigenvalue weighted by Crippen LogP contribution is 2.33. The van der Waals surface area contributed by atoms with Gasteiger partial charge in [0.1, 0.15) is 17.3 Å². The first-order valence-corrected chi connectivity index (χ1v) is 13.1. The maximum absolute atomic E-state index is 13.2. The molecule has 0 bridgehead atoms. The van der Waals surface area contributed by atoms with Crippen molar-refractivity contribution in [2.75, 3.05) is 59.2 Å². The number of hydrogen-bond donors (Lipinski definition) is 2. The summed E-state index contributed by atoms with van der Waals surface area (Å²) in [6, 6.07) is 6.25. The van der Waals surface area contributed by atoms with Crippen LogP contribution in [0, 0.1) is 26.2 Å². The van der Waals surface area contributed by atoms with E-state index in [2.05, 4.69) is 52.8 Å². The summed E-state index contributed by atoms with van der Waals surface area (Å²) in [5.41, 5.74) is 4.15. The lowest BCUT2D eigenvalue weighted by Crippen LogP contribution is -2.43. The van der Waals surface area contributed by atoms with E-state index in [0.717, 1.165) is 54.4 Å². The fraction of sp³-hybridized carbons (Fsp3) is 0.481. The summed E-state index contributed by atoms with van der Waals surface area (Å²) in [7, 11) is 0. The minimum Gasteiger partial charge on any atom is -0.389 e. The zero-order valence-corrected chi connectivity index (χ0v) is 21.8. The standard InChI is InChI=1S/C27H34N4O4S/c1-4-11-35-17-21(32)15-31(8-7-30-9-12-34-13-10-30)16-24-28-26(33)25-23(18-36-27(25)29-24)22-6-5-19(2)14-20(22)3/h1,5-6,14,18,21,32H,7-13,15-17H2,2-3H3,(H,28,29,33)/t21-/m0/s1. The number of H-pyrrole nitrogens is 1. The van der Waals surface area contributed by atoms with Crippen LogP contribution >= 0.6 is 11.3 Å². The number of aryl methyl sites for hydroxylation is 2. The molecule has 1 aromatic carbocycles. The number of thiophene rings is 1. The van der Waals surface area contributed by atoms with Crippen LogP contribution in [0.1, 0.15) is 17.0 Å². The highest BCUT2D eigenvalue weighted by atomic mass is 32.1. The molecule has 192 valence electrons. The van der Waals surface area contributed by atoms with Crippen LogP contribution in [0.5, 0.6) is 0 Å². The first-order chi connectivity index (χ1) is 17.4. The van der Waals surface area contributed by atoms with Gasteiger partial charge in [0.15, 0.2) is 0 Å². The first-order valence-electron chi connectivity index (χ1n) is 12.2. The zero-order valence-electron chi connectivity index (χ0n) is 21.0. The lowest BCUT2D eigenvalue weighted by Gasteiger charge is -2.30. The second-order valence-corrected chi connectivity index (χ2v) is 10.1. The Morgan fingerprint density at radius 1 is 1.33 bits per heavy atom. The third-order valence-electron chi connectivity index (χ3n) is 6.34. The molecule has 1 fully saturated rings. The summed E-state index contributed by atoms with van der Waals surface area (Å²) in [6.07, 6.45) is 4.54. The molecule has 0 aliphatic carbocycles. The minimum absolute atomic E-state index is 0.141. The quantitative estimate of drug-likeness (QED) is 0.302. The molecule has 0 spiro atoms. The van der Waals surface area contributed by atoms with E-state index in [-0.39, 0.29) is 18.8 Å². The minimum atomic E-state index is -0.698. The van der Waals surface area contributed by atoms with Crippen LogP contribution in [0.2, 0.25) is 0 Å². The van der Waals surface area contributed by atoms with Gasteiger partial charge in [-0.1, -0.05) is 29.7 Å². The Bertz CT molecular complexity index is 1260. The Morgan fingerprint density at radius 2 is 2.14 bits per heavy atom. The SMILES string of the molecule is C#CCOC[C@@H](O)CN(CCN1CCOCC1)Cc1nc2scc(-c3ccc(C)cc3C)c2c(=O)[nH]1. The van der Waals surface area contributed by atoms with Crippen molar-refractivity contribution in [3.8, 4) is 23.5 Å². The molecule has 36 heavy (non-hydrogen) atoms. The summed E-state index contributed by atoms with van der Waals surface area (Å²) >= 11 is 1.48. The Hall–Kier alpha value is -2.58. The predicted molar refractivity (Wildman–Crippen MR) is 143 cm³/mol. The summed E-state index contributed by atoms with van der Waals surface area (Å²) in [5.74, 6) is 3.00. The topological polar surface area (TPSA) is 90.9 Å².